The lowest BCUT2D eigenvalue weighted by atomic mass is 9.71. The number of hydrogen-bond acceptors (Lipinski definition) is 2. The van der Waals surface area contributed by atoms with Crippen molar-refractivity contribution in [1.29, 1.82) is 0 Å². The van der Waals surface area contributed by atoms with Gasteiger partial charge in [-0.15, -0.1) is 0 Å². The van der Waals surface area contributed by atoms with Crippen LogP contribution in [-0.2, 0) is 16.4 Å². The van der Waals surface area contributed by atoms with E-state index in [9.17, 15) is 5.11 Å². The molecule has 0 saturated heterocycles. The van der Waals surface area contributed by atoms with Gasteiger partial charge < -0.3 is 9.53 Å². The summed E-state index contributed by atoms with van der Waals surface area (Å²) >= 11 is 0. The molecule has 0 radical (unpaired) electrons. The summed E-state index contributed by atoms with van der Waals surface area (Å²) in [7, 11) is -1.62. The Hall–Kier alpha value is -0.643. The highest BCUT2D eigenvalue weighted by molar-refractivity contribution is 6.74. The first-order valence-corrected chi connectivity index (χ1v) is 11.0. The van der Waals surface area contributed by atoms with E-state index in [0.717, 1.165) is 37.9 Å². The number of hydrogen-bond donors (Lipinski definition) is 1. The maximum absolute atomic E-state index is 10.6. The second-order valence-electron chi connectivity index (χ2n) is 7.93. The van der Waals surface area contributed by atoms with Crippen LogP contribution in [-0.4, -0.2) is 20.0 Å². The van der Waals surface area contributed by atoms with Gasteiger partial charge in [-0.25, -0.2) is 0 Å². The third-order valence-corrected chi connectivity index (χ3v) is 9.79. The Morgan fingerprint density at radius 3 is 2.48 bits per heavy atom. The lowest BCUT2D eigenvalue weighted by Crippen LogP contribution is -2.41. The molecule has 1 aliphatic rings. The van der Waals surface area contributed by atoms with E-state index in [1.807, 2.05) is 12.1 Å². The second-order valence-corrected chi connectivity index (χ2v) is 12.7. The minimum absolute atomic E-state index is 0.276. The standard InChI is InChI=1S/C18H30O2Si/c1-17(2,3)21(4,5)20-13-9-8-12-18(19)14-15-10-6-7-11-16(15)18/h6-7,10-11,19H,8-9,12-14H2,1-5H3. The highest BCUT2D eigenvalue weighted by atomic mass is 28.4. The van der Waals surface area contributed by atoms with Crippen LogP contribution >= 0.6 is 0 Å². The Morgan fingerprint density at radius 1 is 1.19 bits per heavy atom. The first kappa shape index (κ1) is 16.7. The molecule has 2 nitrogen and oxygen atoms in total. The van der Waals surface area contributed by atoms with E-state index >= 15 is 0 Å². The van der Waals surface area contributed by atoms with Crippen LogP contribution in [0.15, 0.2) is 24.3 Å². The average Bonchev–Trinajstić information content (AvgIpc) is 2.36. The van der Waals surface area contributed by atoms with Gasteiger partial charge in [-0.1, -0.05) is 45.0 Å². The summed E-state index contributed by atoms with van der Waals surface area (Å²) in [5.74, 6) is 0. The number of fused-ring (bicyclic) bond motifs is 1. The summed E-state index contributed by atoms with van der Waals surface area (Å²) in [5, 5.41) is 10.9. The molecule has 0 fully saturated rings. The predicted octanol–water partition coefficient (Wildman–Crippen LogP) is 4.62. The topological polar surface area (TPSA) is 29.5 Å². The van der Waals surface area contributed by atoms with Crippen molar-refractivity contribution < 1.29 is 9.53 Å². The monoisotopic (exact) mass is 306 g/mol. The van der Waals surface area contributed by atoms with Crippen LogP contribution in [0.3, 0.4) is 0 Å². The first-order valence-electron chi connectivity index (χ1n) is 8.10. The fourth-order valence-corrected chi connectivity index (χ4v) is 3.81. The molecule has 3 heteroatoms. The van der Waals surface area contributed by atoms with Gasteiger partial charge in [-0.2, -0.15) is 0 Å². The molecule has 0 spiro atoms. The van der Waals surface area contributed by atoms with Crippen molar-refractivity contribution in [2.24, 2.45) is 0 Å². The van der Waals surface area contributed by atoms with Gasteiger partial charge in [0, 0.05) is 13.0 Å². The Balaban J connectivity index is 1.72. The maximum atomic E-state index is 10.6. The Kier molecular flexibility index (Phi) is 4.67. The molecule has 0 aromatic heterocycles. The minimum Gasteiger partial charge on any atom is -0.417 e. The van der Waals surface area contributed by atoms with Crippen molar-refractivity contribution in [3.05, 3.63) is 35.4 Å². The highest BCUT2D eigenvalue weighted by Crippen LogP contribution is 2.42. The predicted molar refractivity (Wildman–Crippen MR) is 91.0 cm³/mol. The summed E-state index contributed by atoms with van der Waals surface area (Å²) in [6.45, 7) is 12.2. The van der Waals surface area contributed by atoms with Crippen molar-refractivity contribution in [3.8, 4) is 0 Å². The number of aliphatic hydroxyl groups is 1. The molecular weight excluding hydrogens is 276 g/mol. The molecule has 118 valence electrons. The van der Waals surface area contributed by atoms with Gasteiger partial charge in [0.05, 0.1) is 5.60 Å². The second kappa shape index (κ2) is 5.86. The first-order chi connectivity index (χ1) is 9.66. The normalized spacial score (nSPS) is 21.8. The van der Waals surface area contributed by atoms with Crippen LogP contribution < -0.4 is 0 Å². The van der Waals surface area contributed by atoms with Gasteiger partial charge in [0.2, 0.25) is 0 Å². The van der Waals surface area contributed by atoms with Crippen LogP contribution in [0.5, 0.6) is 0 Å². The summed E-state index contributed by atoms with van der Waals surface area (Å²) < 4.78 is 6.19. The van der Waals surface area contributed by atoms with Crippen molar-refractivity contribution in [1.82, 2.24) is 0 Å². The lowest BCUT2D eigenvalue weighted by Gasteiger charge is -2.40. The fourth-order valence-electron chi connectivity index (χ4n) is 2.72. The molecule has 1 unspecified atom stereocenters. The van der Waals surface area contributed by atoms with Gasteiger partial charge in [-0.3, -0.25) is 0 Å². The van der Waals surface area contributed by atoms with Crippen LogP contribution in [0, 0.1) is 0 Å². The molecule has 21 heavy (non-hydrogen) atoms. The van der Waals surface area contributed by atoms with Crippen molar-refractivity contribution >= 4 is 8.32 Å². The van der Waals surface area contributed by atoms with Crippen LogP contribution in [0.4, 0.5) is 0 Å². The molecule has 0 saturated carbocycles. The lowest BCUT2D eigenvalue weighted by molar-refractivity contribution is 0.000742. The molecule has 0 aliphatic heterocycles. The molecule has 1 aliphatic carbocycles. The number of rotatable bonds is 6. The fraction of sp³-hybridized carbons (Fsp3) is 0.667. The van der Waals surface area contributed by atoms with Gasteiger partial charge >= 0.3 is 0 Å². The molecule has 0 heterocycles. The van der Waals surface area contributed by atoms with Crippen LogP contribution in [0.1, 0.15) is 51.2 Å². The number of benzene rings is 1. The summed E-state index contributed by atoms with van der Waals surface area (Å²) in [6, 6.07) is 8.24. The maximum Gasteiger partial charge on any atom is 0.191 e. The average molecular weight is 307 g/mol. The summed E-state index contributed by atoms with van der Waals surface area (Å²) in [6.07, 6.45) is 3.73. The zero-order chi connectivity index (χ0) is 15.7. The zero-order valence-electron chi connectivity index (χ0n) is 14.2. The Labute approximate surface area is 130 Å². The number of unbranched alkanes of at least 4 members (excludes halogenated alkanes) is 1. The van der Waals surface area contributed by atoms with Crippen molar-refractivity contribution in [3.63, 3.8) is 0 Å². The highest BCUT2D eigenvalue weighted by Gasteiger charge is 2.40. The molecule has 1 aromatic carbocycles. The van der Waals surface area contributed by atoms with Crippen LogP contribution in [0.25, 0.3) is 0 Å². The smallest absolute Gasteiger partial charge is 0.191 e. The van der Waals surface area contributed by atoms with Gasteiger partial charge in [0.25, 0.3) is 0 Å². The van der Waals surface area contributed by atoms with E-state index in [2.05, 4.69) is 46.0 Å². The van der Waals surface area contributed by atoms with Gasteiger partial charge in [0.15, 0.2) is 8.32 Å². The van der Waals surface area contributed by atoms with Crippen LogP contribution in [0.2, 0.25) is 18.1 Å². The van der Waals surface area contributed by atoms with Gasteiger partial charge in [0.1, 0.15) is 0 Å². The minimum atomic E-state index is -1.62. The van der Waals surface area contributed by atoms with E-state index in [4.69, 9.17) is 4.43 Å². The largest absolute Gasteiger partial charge is 0.417 e. The zero-order valence-corrected chi connectivity index (χ0v) is 15.2. The Morgan fingerprint density at radius 2 is 1.86 bits per heavy atom. The SMILES string of the molecule is CC(C)(C)[Si](C)(C)OCCCCC1(O)Cc2ccccc21. The van der Waals surface area contributed by atoms with E-state index in [1.54, 1.807) is 0 Å². The Bertz CT molecular complexity index is 490. The van der Waals surface area contributed by atoms with Gasteiger partial charge in [-0.05, 0) is 48.5 Å². The van der Waals surface area contributed by atoms with E-state index in [-0.39, 0.29) is 5.04 Å². The molecule has 2 rings (SSSR count). The quantitative estimate of drug-likeness (QED) is 0.613. The molecule has 1 atom stereocenters. The third-order valence-electron chi connectivity index (χ3n) is 5.26. The van der Waals surface area contributed by atoms with Crippen molar-refractivity contribution in [2.75, 3.05) is 6.61 Å². The molecule has 1 N–H and O–H groups in total. The van der Waals surface area contributed by atoms with Crippen molar-refractivity contribution in [2.45, 2.75) is 70.2 Å². The van der Waals surface area contributed by atoms with E-state index < -0.39 is 13.9 Å². The summed E-state index contributed by atoms with van der Waals surface area (Å²) in [5.41, 5.74) is 1.86. The summed E-state index contributed by atoms with van der Waals surface area (Å²) in [4.78, 5) is 0. The molecule has 1 aromatic rings. The third kappa shape index (κ3) is 3.58. The molecular formula is C18H30O2Si. The molecule has 0 bridgehead atoms. The molecule has 0 amide bonds. The van der Waals surface area contributed by atoms with E-state index in [0.29, 0.717) is 0 Å². The van der Waals surface area contributed by atoms with E-state index in [1.165, 1.54) is 5.56 Å².